The van der Waals surface area contributed by atoms with E-state index in [2.05, 4.69) is 24.0 Å². The Balaban J connectivity index is 1.56. The molecule has 1 N–H and O–H groups in total. The lowest BCUT2D eigenvalue weighted by molar-refractivity contribution is -0.158. The third-order valence-electron chi connectivity index (χ3n) is 7.30. The molecule has 0 spiro atoms. The van der Waals surface area contributed by atoms with Gasteiger partial charge in [0, 0.05) is 17.7 Å². The Morgan fingerprint density at radius 3 is 2.44 bits per heavy atom. The zero-order chi connectivity index (χ0) is 24.4. The molecule has 3 rings (SSSR count). The molecular weight excluding hydrogens is 429 g/mol. The molecule has 2 atom stereocenters. The average molecular weight is 470 g/mol. The zero-order valence-corrected chi connectivity index (χ0v) is 20.8. The van der Waals surface area contributed by atoms with Crippen LogP contribution in [0.15, 0.2) is 42.6 Å². The third-order valence-corrected chi connectivity index (χ3v) is 7.30. The van der Waals surface area contributed by atoms with Gasteiger partial charge in [-0.2, -0.15) is 0 Å². The number of alkyl halides is 1. The molecule has 1 heterocycles. The highest BCUT2D eigenvalue weighted by Crippen LogP contribution is 2.40. The number of rotatable bonds is 13. The van der Waals surface area contributed by atoms with Gasteiger partial charge < -0.3 is 9.84 Å². The van der Waals surface area contributed by atoms with E-state index in [1.165, 1.54) is 24.8 Å². The second kappa shape index (κ2) is 12.9. The minimum atomic E-state index is -2.16. The molecule has 1 unspecified atom stereocenters. The van der Waals surface area contributed by atoms with Gasteiger partial charge in [0.15, 0.2) is 0 Å². The molecule has 186 valence electrons. The molecule has 5 heteroatoms. The fourth-order valence-electron chi connectivity index (χ4n) is 4.99. The Morgan fingerprint density at radius 1 is 1.12 bits per heavy atom. The Morgan fingerprint density at radius 2 is 1.85 bits per heavy atom. The van der Waals surface area contributed by atoms with E-state index in [9.17, 15) is 9.90 Å². The number of hydrogen-bond donors (Lipinski definition) is 1. The molecule has 1 aromatic carbocycles. The van der Waals surface area contributed by atoms with E-state index in [-0.39, 0.29) is 12.3 Å². The number of aryl methyl sites for hydroxylation is 1. The van der Waals surface area contributed by atoms with Crippen molar-refractivity contribution in [2.45, 2.75) is 90.1 Å². The van der Waals surface area contributed by atoms with Crippen molar-refractivity contribution in [1.82, 2.24) is 4.98 Å². The van der Waals surface area contributed by atoms with Crippen LogP contribution in [0.1, 0.15) is 83.6 Å². The number of benzene rings is 1. The highest BCUT2D eigenvalue weighted by atomic mass is 19.1. The van der Waals surface area contributed by atoms with Crippen LogP contribution in [-0.2, 0) is 11.2 Å². The Labute approximate surface area is 204 Å². The van der Waals surface area contributed by atoms with E-state index in [1.54, 1.807) is 0 Å². The topological polar surface area (TPSA) is 59.4 Å². The number of halogens is 1. The second-order valence-electron chi connectivity index (χ2n) is 9.83. The summed E-state index contributed by atoms with van der Waals surface area (Å²) in [7, 11) is 0. The number of carbonyl (C=O) groups is 1. The summed E-state index contributed by atoms with van der Waals surface area (Å²) in [6, 6.07) is 12.0. The van der Waals surface area contributed by atoms with Crippen molar-refractivity contribution >= 4 is 5.97 Å². The van der Waals surface area contributed by atoms with Crippen molar-refractivity contribution in [3.8, 4) is 17.0 Å². The first-order chi connectivity index (χ1) is 16.5. The number of carboxylic acid groups (broad SMARTS) is 1. The van der Waals surface area contributed by atoms with Crippen LogP contribution in [0.4, 0.5) is 4.39 Å². The summed E-state index contributed by atoms with van der Waals surface area (Å²) in [5.74, 6) is -1.15. The van der Waals surface area contributed by atoms with Gasteiger partial charge in [0.05, 0.1) is 12.3 Å². The van der Waals surface area contributed by atoms with Crippen LogP contribution in [0, 0.1) is 11.8 Å². The standard InChI is InChI=1S/C29H40FNO3/c1-3-5-7-10-23-13-18-27(31-20-23)24-14-16-26(17-15-24)34-21-22(4-2)19-29(30,28(32)33)25-11-8-6-9-12-25/h13-18,20,22,25H,3-12,19,21H2,1-2H3,(H,32,33)/t22?,29-/m0/s1. The predicted octanol–water partition coefficient (Wildman–Crippen LogP) is 7.65. The molecule has 0 aliphatic heterocycles. The lowest BCUT2D eigenvalue weighted by Crippen LogP contribution is -2.44. The summed E-state index contributed by atoms with van der Waals surface area (Å²) in [4.78, 5) is 16.5. The number of ether oxygens (including phenoxy) is 1. The quantitative estimate of drug-likeness (QED) is 0.306. The van der Waals surface area contributed by atoms with Crippen LogP contribution in [-0.4, -0.2) is 28.3 Å². The molecule has 4 nitrogen and oxygen atoms in total. The Hall–Kier alpha value is -2.43. The molecule has 1 saturated carbocycles. The van der Waals surface area contributed by atoms with Gasteiger partial charge >= 0.3 is 5.97 Å². The summed E-state index contributed by atoms with van der Waals surface area (Å²) in [5.41, 5.74) is 1.04. The lowest BCUT2D eigenvalue weighted by atomic mass is 9.74. The van der Waals surface area contributed by atoms with Gasteiger partial charge in [-0.1, -0.05) is 52.0 Å². The highest BCUT2D eigenvalue weighted by Gasteiger charge is 2.47. The van der Waals surface area contributed by atoms with Gasteiger partial charge in [-0.3, -0.25) is 4.98 Å². The SMILES string of the molecule is CCCCCc1ccc(-c2ccc(OCC(CC)C[C@@](F)(C(=O)O)C3CCCCC3)cc2)nc1. The van der Waals surface area contributed by atoms with Crippen molar-refractivity contribution < 1.29 is 19.0 Å². The largest absolute Gasteiger partial charge is 0.493 e. The third kappa shape index (κ3) is 7.04. The maximum atomic E-state index is 15.7. The van der Waals surface area contributed by atoms with Gasteiger partial charge in [0.2, 0.25) is 5.67 Å². The van der Waals surface area contributed by atoms with E-state index in [4.69, 9.17) is 4.74 Å². The second-order valence-corrected chi connectivity index (χ2v) is 9.83. The van der Waals surface area contributed by atoms with Crippen LogP contribution < -0.4 is 4.74 Å². The molecular formula is C29H40FNO3. The molecule has 2 aromatic rings. The fourth-order valence-corrected chi connectivity index (χ4v) is 4.99. The van der Waals surface area contributed by atoms with Crippen LogP contribution in [0.2, 0.25) is 0 Å². The molecule has 0 radical (unpaired) electrons. The molecule has 0 saturated heterocycles. The van der Waals surface area contributed by atoms with E-state index in [1.807, 2.05) is 37.4 Å². The zero-order valence-electron chi connectivity index (χ0n) is 20.8. The maximum Gasteiger partial charge on any atom is 0.341 e. The number of hydrogen-bond acceptors (Lipinski definition) is 3. The van der Waals surface area contributed by atoms with Crippen LogP contribution >= 0.6 is 0 Å². The lowest BCUT2D eigenvalue weighted by Gasteiger charge is -2.35. The van der Waals surface area contributed by atoms with Gasteiger partial charge in [-0.05, 0) is 80.3 Å². The van der Waals surface area contributed by atoms with Crippen LogP contribution in [0.5, 0.6) is 5.75 Å². The molecule has 0 amide bonds. The molecule has 1 aliphatic carbocycles. The van der Waals surface area contributed by atoms with E-state index in [0.717, 1.165) is 36.9 Å². The van der Waals surface area contributed by atoms with Gasteiger partial charge in [-0.15, -0.1) is 0 Å². The van der Waals surface area contributed by atoms with Crippen LogP contribution in [0.3, 0.4) is 0 Å². The van der Waals surface area contributed by atoms with E-state index in [0.29, 0.717) is 31.6 Å². The maximum absolute atomic E-state index is 15.7. The van der Waals surface area contributed by atoms with Gasteiger partial charge in [0.1, 0.15) is 5.75 Å². The fraction of sp³-hybridized carbons (Fsp3) is 0.586. The minimum absolute atomic E-state index is 0.0100. The normalized spacial score (nSPS) is 17.1. The summed E-state index contributed by atoms with van der Waals surface area (Å²) in [5, 5.41) is 9.70. The van der Waals surface area contributed by atoms with Gasteiger partial charge in [-0.25, -0.2) is 9.18 Å². The number of unbranched alkanes of at least 4 members (excludes halogenated alkanes) is 2. The molecule has 34 heavy (non-hydrogen) atoms. The summed E-state index contributed by atoms with van der Waals surface area (Å²) >= 11 is 0. The van der Waals surface area contributed by atoms with E-state index >= 15 is 4.39 Å². The van der Waals surface area contributed by atoms with Crippen LogP contribution in [0.25, 0.3) is 11.3 Å². The smallest absolute Gasteiger partial charge is 0.341 e. The Kier molecular flexibility index (Phi) is 9.91. The van der Waals surface area contributed by atoms with Crippen molar-refractivity contribution in [2.24, 2.45) is 11.8 Å². The monoisotopic (exact) mass is 469 g/mol. The number of aromatic nitrogens is 1. The number of nitrogens with zero attached hydrogens (tertiary/aromatic N) is 1. The predicted molar refractivity (Wildman–Crippen MR) is 135 cm³/mol. The molecule has 0 bridgehead atoms. The van der Waals surface area contributed by atoms with Crippen molar-refractivity contribution in [1.29, 1.82) is 0 Å². The average Bonchev–Trinajstić information content (AvgIpc) is 2.87. The van der Waals surface area contributed by atoms with Crippen molar-refractivity contribution in [3.63, 3.8) is 0 Å². The number of carboxylic acids is 1. The summed E-state index contributed by atoms with van der Waals surface area (Å²) in [6.45, 7) is 4.49. The Bertz CT molecular complexity index is 877. The number of pyridine rings is 1. The first-order valence-electron chi connectivity index (χ1n) is 13.1. The van der Waals surface area contributed by atoms with Crippen molar-refractivity contribution in [2.75, 3.05) is 6.61 Å². The molecule has 1 aliphatic rings. The summed E-state index contributed by atoms with van der Waals surface area (Å²) < 4.78 is 21.6. The molecule has 1 aromatic heterocycles. The first kappa shape index (κ1) is 26.2. The molecule has 1 fully saturated rings. The van der Waals surface area contributed by atoms with Crippen molar-refractivity contribution in [3.05, 3.63) is 48.2 Å². The number of aliphatic carboxylic acids is 1. The minimum Gasteiger partial charge on any atom is -0.493 e. The summed E-state index contributed by atoms with van der Waals surface area (Å²) in [6.07, 6.45) is 11.6. The first-order valence-corrected chi connectivity index (χ1v) is 13.1. The van der Waals surface area contributed by atoms with Gasteiger partial charge in [0.25, 0.3) is 0 Å². The van der Waals surface area contributed by atoms with E-state index < -0.39 is 17.6 Å². The highest BCUT2D eigenvalue weighted by molar-refractivity contribution is 5.77.